The quantitative estimate of drug-likeness (QED) is 0.741. The van der Waals surface area contributed by atoms with Gasteiger partial charge in [-0.25, -0.2) is 0 Å². The third kappa shape index (κ3) is 3.67. The van der Waals surface area contributed by atoms with Gasteiger partial charge in [0.05, 0.1) is 18.7 Å². The van der Waals surface area contributed by atoms with E-state index in [4.69, 9.17) is 0 Å². The normalized spacial score (nSPS) is 21.2. The van der Waals surface area contributed by atoms with Crippen LogP contribution in [0.5, 0.6) is 0 Å². The van der Waals surface area contributed by atoms with Crippen LogP contribution in [0.15, 0.2) is 0 Å². The highest BCUT2D eigenvalue weighted by Gasteiger charge is 2.34. The minimum atomic E-state index is -0.886. The van der Waals surface area contributed by atoms with Crippen molar-refractivity contribution in [1.29, 1.82) is 5.26 Å². The molecule has 0 radical (unpaired) electrons. The minimum Gasteiger partial charge on any atom is -0.354 e. The number of nitrogens with zero attached hydrogens (tertiary/aromatic N) is 2. The van der Waals surface area contributed by atoms with Crippen LogP contribution in [0.4, 0.5) is 0 Å². The molecule has 6 nitrogen and oxygen atoms in total. The van der Waals surface area contributed by atoms with Crippen molar-refractivity contribution in [2.24, 2.45) is 5.92 Å². The summed E-state index contributed by atoms with van der Waals surface area (Å²) in [6.07, 6.45) is 0. The highest BCUT2D eigenvalue weighted by atomic mass is 16.2. The molecule has 6 heteroatoms. The molecular weight excluding hydrogens is 244 g/mol. The molecule has 0 aromatic heterocycles. The average molecular weight is 266 g/mol. The predicted octanol–water partition coefficient (Wildman–Crippen LogP) is -0.139. The number of hydrogen-bond acceptors (Lipinski definition) is 4. The van der Waals surface area contributed by atoms with Crippen molar-refractivity contribution in [3.8, 4) is 6.07 Å². The molecule has 0 bridgehead atoms. The number of amides is 2. The van der Waals surface area contributed by atoms with Gasteiger partial charge >= 0.3 is 0 Å². The van der Waals surface area contributed by atoms with Crippen molar-refractivity contribution in [3.05, 3.63) is 0 Å². The highest BCUT2D eigenvalue weighted by Crippen LogP contribution is 2.16. The second-order valence-corrected chi connectivity index (χ2v) is 5.45. The Hall–Kier alpha value is -1.61. The van der Waals surface area contributed by atoms with E-state index in [1.165, 1.54) is 0 Å². The van der Waals surface area contributed by atoms with Gasteiger partial charge in [0.25, 0.3) is 0 Å². The second kappa shape index (κ2) is 6.02. The number of piperazine rings is 1. The van der Waals surface area contributed by atoms with E-state index in [9.17, 15) is 14.9 Å². The summed E-state index contributed by atoms with van der Waals surface area (Å²) in [6, 6.07) is 1.73. The van der Waals surface area contributed by atoms with Gasteiger partial charge in [0.2, 0.25) is 11.8 Å². The molecule has 1 aliphatic rings. The first kappa shape index (κ1) is 15.4. The van der Waals surface area contributed by atoms with Gasteiger partial charge < -0.3 is 10.6 Å². The van der Waals surface area contributed by atoms with Crippen LogP contribution in [0.2, 0.25) is 0 Å². The first-order valence-electron chi connectivity index (χ1n) is 6.54. The maximum atomic E-state index is 12.2. The summed E-state index contributed by atoms with van der Waals surface area (Å²) in [5.74, 6) is -0.274. The van der Waals surface area contributed by atoms with Crippen LogP contribution < -0.4 is 10.6 Å². The van der Waals surface area contributed by atoms with E-state index in [1.54, 1.807) is 13.8 Å². The number of rotatable bonds is 4. The Morgan fingerprint density at radius 1 is 1.53 bits per heavy atom. The fourth-order valence-corrected chi connectivity index (χ4v) is 1.82. The smallest absolute Gasteiger partial charge is 0.238 e. The van der Waals surface area contributed by atoms with Crippen molar-refractivity contribution in [1.82, 2.24) is 15.5 Å². The van der Waals surface area contributed by atoms with Gasteiger partial charge in [0.1, 0.15) is 5.54 Å². The van der Waals surface area contributed by atoms with Crippen molar-refractivity contribution in [3.63, 3.8) is 0 Å². The van der Waals surface area contributed by atoms with Crippen molar-refractivity contribution >= 4 is 11.8 Å². The van der Waals surface area contributed by atoms with E-state index < -0.39 is 11.6 Å². The average Bonchev–Trinajstić information content (AvgIpc) is 2.37. The molecule has 1 fully saturated rings. The van der Waals surface area contributed by atoms with Gasteiger partial charge in [0, 0.05) is 13.1 Å². The summed E-state index contributed by atoms with van der Waals surface area (Å²) in [6.45, 7) is 8.67. The summed E-state index contributed by atoms with van der Waals surface area (Å²) < 4.78 is 0. The first-order valence-corrected chi connectivity index (χ1v) is 6.54. The van der Waals surface area contributed by atoms with Gasteiger partial charge in [-0.15, -0.1) is 0 Å². The molecule has 19 heavy (non-hydrogen) atoms. The predicted molar refractivity (Wildman–Crippen MR) is 71.0 cm³/mol. The standard InChI is InChI=1S/C13H22N4O2/c1-9(2)13(4,8-14)16-12(19)10(3)17-6-5-15-11(18)7-17/h9-10H,5-7H2,1-4H3,(H,15,18)(H,16,19)/t10-,13+/m1/s1. The van der Waals surface area contributed by atoms with E-state index in [0.717, 1.165) is 0 Å². The van der Waals surface area contributed by atoms with Crippen molar-refractivity contribution in [2.45, 2.75) is 39.3 Å². The number of carbonyl (C=O) groups is 2. The van der Waals surface area contributed by atoms with Crippen LogP contribution >= 0.6 is 0 Å². The zero-order valence-electron chi connectivity index (χ0n) is 12.0. The molecule has 1 heterocycles. The monoisotopic (exact) mass is 266 g/mol. The molecule has 0 spiro atoms. The summed E-state index contributed by atoms with van der Waals surface area (Å²) in [4.78, 5) is 25.3. The van der Waals surface area contributed by atoms with E-state index in [1.807, 2.05) is 18.7 Å². The molecule has 1 rings (SSSR count). The molecule has 1 saturated heterocycles. The lowest BCUT2D eigenvalue weighted by molar-refractivity contribution is -0.131. The Kier molecular flexibility index (Phi) is 4.90. The van der Waals surface area contributed by atoms with Crippen LogP contribution in [-0.2, 0) is 9.59 Å². The molecule has 106 valence electrons. The second-order valence-electron chi connectivity index (χ2n) is 5.45. The third-order valence-electron chi connectivity index (χ3n) is 3.76. The summed E-state index contributed by atoms with van der Waals surface area (Å²) in [7, 11) is 0. The Labute approximate surface area is 114 Å². The fourth-order valence-electron chi connectivity index (χ4n) is 1.82. The van der Waals surface area contributed by atoms with Crippen molar-refractivity contribution in [2.75, 3.05) is 19.6 Å². The summed E-state index contributed by atoms with van der Waals surface area (Å²) in [5, 5.41) is 14.7. The van der Waals surface area contributed by atoms with Crippen molar-refractivity contribution < 1.29 is 9.59 Å². The van der Waals surface area contributed by atoms with Crippen LogP contribution in [0.3, 0.4) is 0 Å². The molecule has 2 N–H and O–H groups in total. The topological polar surface area (TPSA) is 85.2 Å². The molecule has 0 aromatic rings. The number of nitriles is 1. The number of nitrogens with one attached hydrogen (secondary N) is 2. The molecule has 1 aliphatic heterocycles. The molecule has 2 atom stereocenters. The SMILES string of the molecule is CC(C)[C@](C)(C#N)NC(=O)[C@@H](C)N1CCNC(=O)C1. The minimum absolute atomic E-state index is 0.0123. The van der Waals surface area contributed by atoms with Crippen LogP contribution in [0.1, 0.15) is 27.7 Å². The Balaban J connectivity index is 2.67. The van der Waals surface area contributed by atoms with E-state index in [2.05, 4.69) is 16.7 Å². The lowest BCUT2D eigenvalue weighted by Crippen LogP contribution is -2.58. The largest absolute Gasteiger partial charge is 0.354 e. The Bertz CT molecular complexity index is 402. The van der Waals surface area contributed by atoms with E-state index in [-0.39, 0.29) is 24.3 Å². The van der Waals surface area contributed by atoms with E-state index in [0.29, 0.717) is 13.1 Å². The molecular formula is C13H22N4O2. The van der Waals surface area contributed by atoms with Crippen LogP contribution in [0, 0.1) is 17.2 Å². The van der Waals surface area contributed by atoms with Crippen LogP contribution in [-0.4, -0.2) is 47.9 Å². The highest BCUT2D eigenvalue weighted by molar-refractivity contribution is 5.84. The van der Waals surface area contributed by atoms with Gasteiger partial charge in [-0.2, -0.15) is 5.26 Å². The maximum Gasteiger partial charge on any atom is 0.238 e. The molecule has 2 amide bonds. The van der Waals surface area contributed by atoms with E-state index >= 15 is 0 Å². The number of carbonyl (C=O) groups excluding carboxylic acids is 2. The first-order chi connectivity index (χ1) is 8.80. The lowest BCUT2D eigenvalue weighted by Gasteiger charge is -2.34. The molecule has 0 aromatic carbocycles. The lowest BCUT2D eigenvalue weighted by atomic mass is 9.89. The van der Waals surface area contributed by atoms with Crippen LogP contribution in [0.25, 0.3) is 0 Å². The third-order valence-corrected chi connectivity index (χ3v) is 3.76. The number of hydrogen-bond donors (Lipinski definition) is 2. The zero-order chi connectivity index (χ0) is 14.6. The molecule has 0 aliphatic carbocycles. The molecule has 0 saturated carbocycles. The van der Waals surface area contributed by atoms with Gasteiger partial charge in [-0.1, -0.05) is 13.8 Å². The van der Waals surface area contributed by atoms with Gasteiger partial charge in [-0.3, -0.25) is 14.5 Å². The van der Waals surface area contributed by atoms with Gasteiger partial charge in [-0.05, 0) is 19.8 Å². The fraction of sp³-hybridized carbons (Fsp3) is 0.769. The van der Waals surface area contributed by atoms with Gasteiger partial charge in [0.15, 0.2) is 0 Å². The summed E-state index contributed by atoms with van der Waals surface area (Å²) >= 11 is 0. The summed E-state index contributed by atoms with van der Waals surface area (Å²) in [5.41, 5.74) is -0.886. The zero-order valence-corrected chi connectivity index (χ0v) is 12.0. The molecule has 0 unspecified atom stereocenters. The Morgan fingerprint density at radius 2 is 2.16 bits per heavy atom. The Morgan fingerprint density at radius 3 is 2.63 bits per heavy atom. The maximum absolute atomic E-state index is 12.2.